The Morgan fingerprint density at radius 3 is 2.75 bits per heavy atom. The molecule has 0 unspecified atom stereocenters. The molecule has 0 saturated heterocycles. The van der Waals surface area contributed by atoms with Crippen molar-refractivity contribution in [1.29, 1.82) is 0 Å². The number of nitrogens with zero attached hydrogens (tertiary/aromatic N) is 3. The summed E-state index contributed by atoms with van der Waals surface area (Å²) >= 11 is 6.05. The van der Waals surface area contributed by atoms with Crippen molar-refractivity contribution in [2.45, 2.75) is 39.7 Å². The zero-order chi connectivity index (χ0) is 22.8. The van der Waals surface area contributed by atoms with Gasteiger partial charge in [0.25, 0.3) is 11.5 Å². The van der Waals surface area contributed by atoms with Crippen molar-refractivity contribution in [3.05, 3.63) is 68.7 Å². The van der Waals surface area contributed by atoms with Crippen LogP contribution in [0.5, 0.6) is 0 Å². The number of carbonyl (C=O) groups excluding carboxylic acids is 2. The molecule has 1 aromatic heterocycles. The first-order chi connectivity index (χ1) is 15.4. The maximum absolute atomic E-state index is 13.3. The van der Waals surface area contributed by atoms with Gasteiger partial charge in [0.2, 0.25) is 5.91 Å². The fourth-order valence-electron chi connectivity index (χ4n) is 4.11. The lowest BCUT2D eigenvalue weighted by atomic mass is 10.1. The summed E-state index contributed by atoms with van der Waals surface area (Å²) < 4.78 is 0. The summed E-state index contributed by atoms with van der Waals surface area (Å²) in [6.07, 6.45) is 1.95. The van der Waals surface area contributed by atoms with Crippen LogP contribution in [0.4, 0.5) is 5.69 Å². The van der Waals surface area contributed by atoms with Crippen molar-refractivity contribution < 1.29 is 9.59 Å². The van der Waals surface area contributed by atoms with Crippen molar-refractivity contribution >= 4 is 40.0 Å². The lowest BCUT2D eigenvalue weighted by Crippen LogP contribution is -2.33. The van der Waals surface area contributed by atoms with E-state index >= 15 is 0 Å². The first-order valence-corrected chi connectivity index (χ1v) is 11.2. The van der Waals surface area contributed by atoms with Gasteiger partial charge in [0.15, 0.2) is 0 Å². The number of hydrogen-bond acceptors (Lipinski definition) is 4. The highest BCUT2D eigenvalue weighted by atomic mass is 35.5. The lowest BCUT2D eigenvalue weighted by molar-refractivity contribution is -0.118. The molecule has 8 heteroatoms. The molecule has 4 rings (SSSR count). The zero-order valence-electron chi connectivity index (χ0n) is 18.2. The van der Waals surface area contributed by atoms with Gasteiger partial charge in [-0.1, -0.05) is 25.4 Å². The van der Waals surface area contributed by atoms with E-state index in [-0.39, 0.29) is 23.9 Å². The second kappa shape index (κ2) is 9.12. The zero-order valence-corrected chi connectivity index (χ0v) is 18.9. The summed E-state index contributed by atoms with van der Waals surface area (Å²) in [6, 6.07) is 10.4. The third-order valence-corrected chi connectivity index (χ3v) is 5.90. The molecule has 0 fully saturated rings. The number of halogens is 1. The molecule has 0 atom stereocenters. The van der Waals surface area contributed by atoms with Gasteiger partial charge < -0.3 is 14.8 Å². The monoisotopic (exact) mass is 452 g/mol. The average molecular weight is 453 g/mol. The molecule has 0 radical (unpaired) electrons. The van der Waals surface area contributed by atoms with E-state index in [1.165, 1.54) is 0 Å². The number of H-pyrrole nitrogens is 1. The Morgan fingerprint density at radius 1 is 1.19 bits per heavy atom. The van der Waals surface area contributed by atoms with E-state index in [1.807, 2.05) is 26.0 Å². The highest BCUT2D eigenvalue weighted by Gasteiger charge is 2.25. The Kier molecular flexibility index (Phi) is 6.28. The molecular formula is C24H25ClN4O3. The highest BCUT2D eigenvalue weighted by molar-refractivity contribution is 6.31. The number of hydrogen-bond donors (Lipinski definition) is 1. The number of aromatic nitrogens is 2. The van der Waals surface area contributed by atoms with E-state index in [1.54, 1.807) is 34.1 Å². The second-order valence-electron chi connectivity index (χ2n) is 7.89. The number of rotatable bonds is 6. The van der Waals surface area contributed by atoms with Gasteiger partial charge in [-0.3, -0.25) is 14.4 Å². The van der Waals surface area contributed by atoms with Crippen molar-refractivity contribution in [3.8, 4) is 0 Å². The highest BCUT2D eigenvalue weighted by Crippen LogP contribution is 2.30. The van der Waals surface area contributed by atoms with Gasteiger partial charge in [-0.25, -0.2) is 4.98 Å². The van der Waals surface area contributed by atoms with Gasteiger partial charge in [-0.15, -0.1) is 0 Å². The number of nitrogens with one attached hydrogen (secondary N) is 1. The molecule has 1 N–H and O–H groups in total. The average Bonchev–Trinajstić information content (AvgIpc) is 3.20. The van der Waals surface area contributed by atoms with Gasteiger partial charge in [0, 0.05) is 35.8 Å². The topological polar surface area (TPSA) is 86.4 Å². The van der Waals surface area contributed by atoms with E-state index in [4.69, 9.17) is 11.6 Å². The van der Waals surface area contributed by atoms with E-state index in [0.29, 0.717) is 46.8 Å². The number of fused-ring (bicyclic) bond motifs is 2. The maximum atomic E-state index is 13.3. The fraction of sp³-hybridized carbons (Fsp3) is 0.333. The van der Waals surface area contributed by atoms with Crippen molar-refractivity contribution in [2.75, 3.05) is 18.0 Å². The molecule has 0 aliphatic carbocycles. The minimum Gasteiger partial charge on any atom is -0.331 e. The summed E-state index contributed by atoms with van der Waals surface area (Å²) in [4.78, 5) is 48.7. The molecule has 2 amide bonds. The number of aromatic amines is 1. The Bertz CT molecular complexity index is 1250. The van der Waals surface area contributed by atoms with Crippen molar-refractivity contribution in [1.82, 2.24) is 14.9 Å². The maximum Gasteiger partial charge on any atom is 0.258 e. The SMILES string of the molecule is CCCN(Cc1nc2cc(Cl)ccc2c(=O)[nH]1)C(=O)c1ccc2c(c1)CCN2C(=O)CC. The van der Waals surface area contributed by atoms with Gasteiger partial charge in [-0.2, -0.15) is 0 Å². The Morgan fingerprint density at radius 2 is 2.00 bits per heavy atom. The minimum absolute atomic E-state index is 0.0851. The van der Waals surface area contributed by atoms with Crippen LogP contribution in [0.25, 0.3) is 10.9 Å². The van der Waals surface area contributed by atoms with Crippen LogP contribution in [-0.4, -0.2) is 39.8 Å². The van der Waals surface area contributed by atoms with E-state index in [0.717, 1.165) is 24.1 Å². The summed E-state index contributed by atoms with van der Waals surface area (Å²) in [5, 5.41) is 0.952. The second-order valence-corrected chi connectivity index (χ2v) is 8.33. The normalized spacial score (nSPS) is 12.8. The smallest absolute Gasteiger partial charge is 0.258 e. The van der Waals surface area contributed by atoms with Gasteiger partial charge in [0.05, 0.1) is 17.4 Å². The molecule has 3 aromatic rings. The minimum atomic E-state index is -0.260. The first kappa shape index (κ1) is 22.0. The third kappa shape index (κ3) is 4.25. The summed E-state index contributed by atoms with van der Waals surface area (Å²) in [5.41, 5.74) is 2.69. The van der Waals surface area contributed by atoms with Crippen LogP contribution in [0.3, 0.4) is 0 Å². The molecule has 1 aliphatic rings. The van der Waals surface area contributed by atoms with Crippen LogP contribution in [0.15, 0.2) is 41.2 Å². The number of benzene rings is 2. The molecule has 0 bridgehead atoms. The van der Waals surface area contributed by atoms with Crippen molar-refractivity contribution in [2.24, 2.45) is 0 Å². The summed E-state index contributed by atoms with van der Waals surface area (Å²) in [6.45, 7) is 5.19. The van der Waals surface area contributed by atoms with Crippen LogP contribution in [0, 0.1) is 0 Å². The predicted molar refractivity (Wildman–Crippen MR) is 125 cm³/mol. The standard InChI is InChI=1S/C24H25ClN4O3/c1-3-10-28(14-21-26-19-13-17(25)6-7-18(19)23(31)27-21)24(32)16-5-8-20-15(12-16)9-11-29(20)22(30)4-2/h5-8,12-13H,3-4,9-11,14H2,1-2H3,(H,26,27,31). The van der Waals surface area contributed by atoms with Crippen molar-refractivity contribution in [3.63, 3.8) is 0 Å². The Labute approximate surface area is 191 Å². The molecule has 2 heterocycles. The molecule has 166 valence electrons. The fourth-order valence-corrected chi connectivity index (χ4v) is 4.27. The van der Waals surface area contributed by atoms with Crippen LogP contribution in [0.2, 0.25) is 5.02 Å². The number of anilines is 1. The van der Waals surface area contributed by atoms with E-state index in [9.17, 15) is 14.4 Å². The lowest BCUT2D eigenvalue weighted by Gasteiger charge is -2.22. The predicted octanol–water partition coefficient (Wildman–Crippen LogP) is 3.93. The van der Waals surface area contributed by atoms with Gasteiger partial charge >= 0.3 is 0 Å². The Hall–Kier alpha value is -3.19. The van der Waals surface area contributed by atoms with Gasteiger partial charge in [0.1, 0.15) is 5.82 Å². The number of carbonyl (C=O) groups is 2. The first-order valence-electron chi connectivity index (χ1n) is 10.8. The van der Waals surface area contributed by atoms with Crippen LogP contribution in [-0.2, 0) is 17.8 Å². The van der Waals surface area contributed by atoms with Gasteiger partial charge in [-0.05, 0) is 54.8 Å². The van der Waals surface area contributed by atoms with Crippen LogP contribution < -0.4 is 10.5 Å². The molecule has 2 aromatic carbocycles. The molecule has 1 aliphatic heterocycles. The quantitative estimate of drug-likeness (QED) is 0.614. The molecule has 0 saturated carbocycles. The Balaban J connectivity index is 1.61. The molecule has 32 heavy (non-hydrogen) atoms. The van der Waals surface area contributed by atoms with E-state index in [2.05, 4.69) is 9.97 Å². The summed E-state index contributed by atoms with van der Waals surface area (Å²) in [7, 11) is 0. The third-order valence-electron chi connectivity index (χ3n) is 5.66. The van der Waals surface area contributed by atoms with E-state index < -0.39 is 0 Å². The van der Waals surface area contributed by atoms with Crippen LogP contribution >= 0.6 is 11.6 Å². The number of amides is 2. The molecular weight excluding hydrogens is 428 g/mol. The molecule has 0 spiro atoms. The van der Waals surface area contributed by atoms with Crippen LogP contribution in [0.1, 0.15) is 48.4 Å². The largest absolute Gasteiger partial charge is 0.331 e. The summed E-state index contributed by atoms with van der Waals surface area (Å²) in [5.74, 6) is 0.359. The molecule has 7 nitrogen and oxygen atoms in total.